The molecule has 6 nitrogen and oxygen atoms in total. The van der Waals surface area contributed by atoms with Crippen molar-refractivity contribution in [3.8, 4) is 0 Å². The fraction of sp³-hybridized carbons (Fsp3) is 0.188. The molecule has 2 heterocycles. The van der Waals surface area contributed by atoms with E-state index in [9.17, 15) is 4.79 Å². The number of carbonyl (C=O) groups excluding carboxylic acids is 1. The van der Waals surface area contributed by atoms with Crippen LogP contribution in [0.1, 0.15) is 23.0 Å². The lowest BCUT2D eigenvalue weighted by Gasteiger charge is -2.05. The van der Waals surface area contributed by atoms with E-state index < -0.39 is 5.91 Å². The second-order valence-electron chi connectivity index (χ2n) is 5.39. The average molecular weight is 478 g/mol. The maximum atomic E-state index is 12.4. The third-order valence-electron chi connectivity index (χ3n) is 3.55. The molecule has 136 valence electrons. The van der Waals surface area contributed by atoms with Crippen molar-refractivity contribution in [2.45, 2.75) is 20.0 Å². The molecule has 0 atom stereocenters. The third-order valence-corrected chi connectivity index (χ3v) is 5.00. The number of anilines is 1. The number of benzene rings is 1. The van der Waals surface area contributed by atoms with Crippen LogP contribution in [-0.2, 0) is 13.1 Å². The zero-order chi connectivity index (χ0) is 18.8. The van der Waals surface area contributed by atoms with Crippen LogP contribution in [0, 0.1) is 0 Å². The Kier molecular flexibility index (Phi) is 5.92. The van der Waals surface area contributed by atoms with Gasteiger partial charge in [-0.15, -0.1) is 0 Å². The molecule has 0 radical (unpaired) electrons. The van der Waals surface area contributed by atoms with E-state index in [1.807, 2.05) is 13.0 Å². The second kappa shape index (κ2) is 8.00. The summed E-state index contributed by atoms with van der Waals surface area (Å²) in [4.78, 5) is 12.4. The summed E-state index contributed by atoms with van der Waals surface area (Å²) in [5, 5.41) is 12.6. The van der Waals surface area contributed by atoms with Crippen molar-refractivity contribution in [1.29, 1.82) is 0 Å². The first-order chi connectivity index (χ1) is 12.4. The molecule has 1 N–H and O–H groups in total. The second-order valence-corrected chi connectivity index (χ2v) is 7.50. The molecule has 0 bridgehead atoms. The smallest absolute Gasteiger partial charge is 0.278 e. The number of aryl methyl sites for hydroxylation is 1. The van der Waals surface area contributed by atoms with Crippen molar-refractivity contribution in [3.63, 3.8) is 0 Å². The van der Waals surface area contributed by atoms with Crippen LogP contribution < -0.4 is 5.32 Å². The van der Waals surface area contributed by atoms with Crippen LogP contribution in [0.15, 0.2) is 35.1 Å². The number of amides is 1. The highest BCUT2D eigenvalue weighted by Gasteiger charge is 2.18. The van der Waals surface area contributed by atoms with Gasteiger partial charge in [-0.2, -0.15) is 10.2 Å². The van der Waals surface area contributed by atoms with Crippen LogP contribution in [-0.4, -0.2) is 25.5 Å². The maximum absolute atomic E-state index is 12.4. The molecule has 26 heavy (non-hydrogen) atoms. The summed E-state index contributed by atoms with van der Waals surface area (Å²) in [6.45, 7) is 2.98. The van der Waals surface area contributed by atoms with Gasteiger partial charge in [0.25, 0.3) is 5.91 Å². The molecule has 0 aliphatic heterocycles. The Hall–Kier alpha value is -1.54. The van der Waals surface area contributed by atoms with E-state index in [0.717, 1.165) is 5.56 Å². The summed E-state index contributed by atoms with van der Waals surface area (Å²) in [6, 6.07) is 5.22. The molecular weight excluding hydrogens is 464 g/mol. The van der Waals surface area contributed by atoms with Gasteiger partial charge < -0.3 is 5.32 Å². The molecule has 0 saturated heterocycles. The van der Waals surface area contributed by atoms with Gasteiger partial charge in [0.2, 0.25) is 0 Å². The number of halogens is 4. The Morgan fingerprint density at radius 1 is 1.15 bits per heavy atom. The fourth-order valence-corrected chi connectivity index (χ4v) is 3.43. The molecule has 1 aromatic carbocycles. The van der Waals surface area contributed by atoms with Gasteiger partial charge in [0.05, 0.1) is 11.0 Å². The van der Waals surface area contributed by atoms with E-state index in [2.05, 4.69) is 31.4 Å². The molecule has 0 aliphatic rings. The SMILES string of the molecule is CCn1cc(Br)c(C(=O)Nc2nn(Cc3ccc(Cl)cc3Cl)cc2Cl)n1. The van der Waals surface area contributed by atoms with Gasteiger partial charge in [0.1, 0.15) is 5.02 Å². The van der Waals surface area contributed by atoms with Gasteiger partial charge in [0, 0.05) is 29.0 Å². The Balaban J connectivity index is 1.77. The minimum absolute atomic E-state index is 0.250. The van der Waals surface area contributed by atoms with Gasteiger partial charge in [-0.05, 0) is 40.5 Å². The predicted molar refractivity (Wildman–Crippen MR) is 106 cm³/mol. The van der Waals surface area contributed by atoms with Crippen LogP contribution in [0.2, 0.25) is 15.1 Å². The Bertz CT molecular complexity index is 969. The number of nitrogens with zero attached hydrogens (tertiary/aromatic N) is 4. The number of rotatable bonds is 5. The first-order valence-electron chi connectivity index (χ1n) is 7.58. The van der Waals surface area contributed by atoms with Crippen molar-refractivity contribution in [2.75, 3.05) is 5.32 Å². The maximum Gasteiger partial charge on any atom is 0.278 e. The van der Waals surface area contributed by atoms with Crippen molar-refractivity contribution >= 4 is 62.5 Å². The van der Waals surface area contributed by atoms with Crippen LogP contribution in [0.25, 0.3) is 0 Å². The normalized spacial score (nSPS) is 11.0. The van der Waals surface area contributed by atoms with Crippen LogP contribution >= 0.6 is 50.7 Å². The lowest BCUT2D eigenvalue weighted by Crippen LogP contribution is -2.15. The summed E-state index contributed by atoms with van der Waals surface area (Å²) in [6.07, 6.45) is 3.35. The highest BCUT2D eigenvalue weighted by atomic mass is 79.9. The average Bonchev–Trinajstić information content (AvgIpc) is 3.13. The topological polar surface area (TPSA) is 64.7 Å². The molecule has 0 saturated carbocycles. The minimum atomic E-state index is -0.402. The van der Waals surface area contributed by atoms with Gasteiger partial charge in [-0.25, -0.2) is 0 Å². The summed E-state index contributed by atoms with van der Waals surface area (Å²) in [5.41, 5.74) is 1.09. The number of aromatic nitrogens is 4. The molecule has 1 amide bonds. The van der Waals surface area contributed by atoms with E-state index in [1.54, 1.807) is 33.9 Å². The Morgan fingerprint density at radius 2 is 1.92 bits per heavy atom. The first-order valence-corrected chi connectivity index (χ1v) is 9.51. The highest BCUT2D eigenvalue weighted by Crippen LogP contribution is 2.25. The lowest BCUT2D eigenvalue weighted by atomic mass is 10.2. The van der Waals surface area contributed by atoms with Gasteiger partial charge in [0.15, 0.2) is 11.5 Å². The zero-order valence-electron chi connectivity index (χ0n) is 13.5. The van der Waals surface area contributed by atoms with Crippen LogP contribution in [0.3, 0.4) is 0 Å². The number of nitrogens with one attached hydrogen (secondary N) is 1. The van der Waals surface area contributed by atoms with Gasteiger partial charge in [-0.3, -0.25) is 14.2 Å². The summed E-state index contributed by atoms with van der Waals surface area (Å²) < 4.78 is 3.84. The zero-order valence-corrected chi connectivity index (χ0v) is 17.4. The Morgan fingerprint density at radius 3 is 2.58 bits per heavy atom. The third kappa shape index (κ3) is 4.23. The number of hydrogen-bond acceptors (Lipinski definition) is 3. The fourth-order valence-electron chi connectivity index (χ4n) is 2.27. The van der Waals surface area contributed by atoms with Gasteiger partial charge >= 0.3 is 0 Å². The van der Waals surface area contributed by atoms with Crippen molar-refractivity contribution < 1.29 is 4.79 Å². The van der Waals surface area contributed by atoms with E-state index in [0.29, 0.717) is 32.6 Å². The highest BCUT2D eigenvalue weighted by molar-refractivity contribution is 9.10. The number of hydrogen-bond donors (Lipinski definition) is 1. The molecule has 10 heteroatoms. The van der Waals surface area contributed by atoms with Crippen molar-refractivity contribution in [2.24, 2.45) is 0 Å². The molecule has 3 aromatic rings. The van der Waals surface area contributed by atoms with E-state index in [-0.39, 0.29) is 11.5 Å². The van der Waals surface area contributed by atoms with Crippen molar-refractivity contribution in [3.05, 3.63) is 61.4 Å². The molecule has 0 spiro atoms. The Labute approximate surface area is 173 Å². The van der Waals surface area contributed by atoms with Crippen LogP contribution in [0.4, 0.5) is 5.82 Å². The van der Waals surface area contributed by atoms with Crippen LogP contribution in [0.5, 0.6) is 0 Å². The quantitative estimate of drug-likeness (QED) is 0.555. The van der Waals surface area contributed by atoms with Crippen molar-refractivity contribution in [1.82, 2.24) is 19.6 Å². The molecule has 0 unspecified atom stereocenters. The minimum Gasteiger partial charge on any atom is -0.302 e. The standard InChI is InChI=1S/C16H13BrCl3N5O/c1-2-24-7-11(17)14(22-24)16(26)21-15-13(20)8-25(23-15)6-9-3-4-10(18)5-12(9)19/h3-5,7-8H,2,6H2,1H3,(H,21,23,26). The molecule has 3 rings (SSSR count). The van der Waals surface area contributed by atoms with Gasteiger partial charge in [-0.1, -0.05) is 40.9 Å². The lowest BCUT2D eigenvalue weighted by molar-refractivity contribution is 0.102. The largest absolute Gasteiger partial charge is 0.302 e. The molecular formula is C16H13BrCl3N5O. The molecule has 0 fully saturated rings. The summed E-state index contributed by atoms with van der Waals surface area (Å²) in [5.74, 6) is -0.152. The van der Waals surface area contributed by atoms with E-state index >= 15 is 0 Å². The first kappa shape index (κ1) is 19.2. The number of carbonyl (C=O) groups is 1. The molecule has 0 aliphatic carbocycles. The monoisotopic (exact) mass is 475 g/mol. The summed E-state index contributed by atoms with van der Waals surface area (Å²) >= 11 is 21.6. The van der Waals surface area contributed by atoms with E-state index in [1.165, 1.54) is 0 Å². The predicted octanol–water partition coefficient (Wildman–Crippen LogP) is 5.12. The van der Waals surface area contributed by atoms with E-state index in [4.69, 9.17) is 34.8 Å². The molecule has 2 aromatic heterocycles. The summed E-state index contributed by atoms with van der Waals surface area (Å²) in [7, 11) is 0.